The predicted octanol–water partition coefficient (Wildman–Crippen LogP) is 5.39. The largest absolute Gasteiger partial charge is 0.491 e. The molecule has 2 bridgehead atoms. The molecule has 43 heavy (non-hydrogen) atoms. The van der Waals surface area contributed by atoms with Crippen molar-refractivity contribution in [2.24, 2.45) is 5.73 Å². The van der Waals surface area contributed by atoms with Gasteiger partial charge in [0.25, 0.3) is 5.91 Å². The van der Waals surface area contributed by atoms with Crippen molar-refractivity contribution >= 4 is 16.8 Å². The molecule has 2 aliphatic heterocycles. The topological polar surface area (TPSA) is 117 Å². The minimum Gasteiger partial charge on any atom is -0.491 e. The Morgan fingerprint density at radius 1 is 1.12 bits per heavy atom. The number of piperidine rings is 1. The Balaban J connectivity index is 1.52. The Labute approximate surface area is 248 Å². The molecular formula is C33H33F2N5O3. The zero-order chi connectivity index (χ0) is 30.6. The fourth-order valence-corrected chi connectivity index (χ4v) is 6.69. The van der Waals surface area contributed by atoms with E-state index in [0.29, 0.717) is 33.2 Å². The van der Waals surface area contributed by atoms with Crippen molar-refractivity contribution in [3.05, 3.63) is 71.4 Å². The van der Waals surface area contributed by atoms with Crippen LogP contribution in [-0.2, 0) is 6.54 Å². The molecule has 2 saturated heterocycles. The molecule has 8 nitrogen and oxygen atoms in total. The molecule has 2 unspecified atom stereocenters. The molecule has 0 saturated carbocycles. The molecule has 4 aromatic rings. The summed E-state index contributed by atoms with van der Waals surface area (Å²) in [6.45, 7) is 3.38. The zero-order valence-corrected chi connectivity index (χ0v) is 24.3. The minimum atomic E-state index is -1.10. The summed E-state index contributed by atoms with van der Waals surface area (Å²) in [7, 11) is 1.36. The molecule has 0 radical (unpaired) electrons. The second-order valence-corrected chi connectivity index (χ2v) is 12.2. The van der Waals surface area contributed by atoms with Crippen LogP contribution in [-0.4, -0.2) is 56.5 Å². The van der Waals surface area contributed by atoms with Gasteiger partial charge in [0.05, 0.1) is 31.0 Å². The predicted molar refractivity (Wildman–Crippen MR) is 158 cm³/mol. The summed E-state index contributed by atoms with van der Waals surface area (Å²) in [6, 6.07) is 12.9. The van der Waals surface area contributed by atoms with Crippen LogP contribution >= 0.6 is 0 Å². The molecule has 2 aliphatic rings. The maximum atomic E-state index is 16.3. The van der Waals surface area contributed by atoms with Gasteiger partial charge in [-0.3, -0.25) is 9.48 Å². The normalized spacial score (nSPS) is 20.0. The fourth-order valence-electron chi connectivity index (χ4n) is 6.69. The first kappa shape index (κ1) is 28.8. The van der Waals surface area contributed by atoms with Crippen LogP contribution in [0.25, 0.3) is 33.2 Å². The van der Waals surface area contributed by atoms with E-state index in [0.717, 1.165) is 25.7 Å². The summed E-state index contributed by atoms with van der Waals surface area (Å²) in [4.78, 5) is 15.8. The summed E-state index contributed by atoms with van der Waals surface area (Å²) < 4.78 is 38.2. The van der Waals surface area contributed by atoms with Crippen LogP contribution in [0.5, 0.6) is 5.75 Å². The smallest absolute Gasteiger partial charge is 0.254 e. The quantitative estimate of drug-likeness (QED) is 0.313. The molecule has 6 rings (SSSR count). The Hall–Kier alpha value is -4.33. The second-order valence-electron chi connectivity index (χ2n) is 12.2. The first-order valence-corrected chi connectivity index (χ1v) is 14.4. The summed E-state index contributed by atoms with van der Waals surface area (Å²) in [5.41, 5.74) is 7.21. The number of amides is 1. The van der Waals surface area contributed by atoms with Crippen LogP contribution in [0.1, 0.15) is 55.5 Å². The monoisotopic (exact) mass is 585 g/mol. The number of aromatic nitrogens is 2. The zero-order valence-electron chi connectivity index (χ0n) is 24.3. The number of nitriles is 1. The van der Waals surface area contributed by atoms with Crippen molar-refractivity contribution in [2.75, 3.05) is 7.11 Å². The van der Waals surface area contributed by atoms with E-state index in [1.807, 2.05) is 11.0 Å². The van der Waals surface area contributed by atoms with E-state index >= 15 is 4.39 Å². The fraction of sp³-hybridized carbons (Fsp3) is 0.364. The second kappa shape index (κ2) is 10.7. The van der Waals surface area contributed by atoms with E-state index in [1.54, 1.807) is 50.4 Å². The number of fused-ring (bicyclic) bond motifs is 3. The van der Waals surface area contributed by atoms with Crippen LogP contribution in [0, 0.1) is 23.0 Å². The van der Waals surface area contributed by atoms with Gasteiger partial charge in [0.2, 0.25) is 0 Å². The lowest BCUT2D eigenvalue weighted by Crippen LogP contribution is -2.50. The number of halogens is 2. The van der Waals surface area contributed by atoms with E-state index < -0.39 is 17.2 Å². The van der Waals surface area contributed by atoms with Gasteiger partial charge in [0, 0.05) is 34.6 Å². The van der Waals surface area contributed by atoms with Crippen molar-refractivity contribution in [3.8, 4) is 34.1 Å². The first-order chi connectivity index (χ1) is 20.5. The van der Waals surface area contributed by atoms with Gasteiger partial charge in [-0.2, -0.15) is 10.4 Å². The lowest BCUT2D eigenvalue weighted by Gasteiger charge is -2.38. The van der Waals surface area contributed by atoms with Gasteiger partial charge < -0.3 is 20.5 Å². The molecule has 0 aliphatic carbocycles. The van der Waals surface area contributed by atoms with Crippen LogP contribution < -0.4 is 10.5 Å². The molecule has 1 aromatic heterocycles. The van der Waals surface area contributed by atoms with Gasteiger partial charge >= 0.3 is 0 Å². The van der Waals surface area contributed by atoms with Crippen molar-refractivity contribution in [1.29, 1.82) is 5.26 Å². The van der Waals surface area contributed by atoms with Crippen molar-refractivity contribution in [2.45, 2.75) is 69.8 Å². The Morgan fingerprint density at radius 3 is 2.47 bits per heavy atom. The highest BCUT2D eigenvalue weighted by atomic mass is 19.1. The van der Waals surface area contributed by atoms with Crippen LogP contribution in [0.15, 0.2) is 48.7 Å². The molecule has 3 heterocycles. The molecule has 1 amide bonds. The number of aliphatic hydroxyl groups is 1. The number of carbonyl (C=O) groups is 1. The Morgan fingerprint density at radius 2 is 1.84 bits per heavy atom. The first-order valence-electron chi connectivity index (χ1n) is 14.4. The van der Waals surface area contributed by atoms with Gasteiger partial charge in [-0.05, 0) is 86.6 Å². The molecule has 222 valence electrons. The third-order valence-electron chi connectivity index (χ3n) is 8.52. The van der Waals surface area contributed by atoms with Gasteiger partial charge in [0.1, 0.15) is 17.4 Å². The Bertz CT molecular complexity index is 1770. The lowest BCUT2D eigenvalue weighted by molar-refractivity contribution is 0.0572. The third kappa shape index (κ3) is 5.13. The van der Waals surface area contributed by atoms with E-state index in [-0.39, 0.29) is 47.5 Å². The van der Waals surface area contributed by atoms with Crippen LogP contribution in [0.3, 0.4) is 0 Å². The number of hydrogen-bond acceptors (Lipinski definition) is 6. The maximum Gasteiger partial charge on any atom is 0.254 e. The summed E-state index contributed by atoms with van der Waals surface area (Å²) in [5, 5.41) is 24.6. The van der Waals surface area contributed by atoms with E-state index in [2.05, 4.69) is 5.10 Å². The van der Waals surface area contributed by atoms with Gasteiger partial charge in [-0.25, -0.2) is 8.78 Å². The average Bonchev–Trinajstić information content (AvgIpc) is 3.48. The van der Waals surface area contributed by atoms with Crippen LogP contribution in [0.4, 0.5) is 8.78 Å². The van der Waals surface area contributed by atoms with Gasteiger partial charge in [0.15, 0.2) is 11.6 Å². The number of carbonyl (C=O) groups excluding carboxylic acids is 1. The molecule has 2 fully saturated rings. The van der Waals surface area contributed by atoms with E-state index in [1.165, 1.54) is 23.9 Å². The third-order valence-corrected chi connectivity index (χ3v) is 8.52. The maximum absolute atomic E-state index is 16.3. The number of rotatable bonds is 6. The molecule has 0 spiro atoms. The number of benzene rings is 3. The SMILES string of the molecule is COc1c(F)c(-c2ccc(C(=O)N3C4CCC3CC(N)C4)cc2-c2ccc(C#N)c(F)c2)cc2cnn(CC(C)(C)O)c12. The van der Waals surface area contributed by atoms with Gasteiger partial charge in [-0.1, -0.05) is 12.1 Å². The van der Waals surface area contributed by atoms with E-state index in [9.17, 15) is 19.6 Å². The molecular weight excluding hydrogens is 552 g/mol. The van der Waals surface area contributed by atoms with Crippen molar-refractivity contribution in [3.63, 3.8) is 0 Å². The Kier molecular flexibility index (Phi) is 7.19. The summed E-state index contributed by atoms with van der Waals surface area (Å²) in [6.07, 6.45) is 4.88. The number of methoxy groups -OCH3 is 1. The molecule has 3 N–H and O–H groups in total. The number of hydrogen-bond donors (Lipinski definition) is 2. The molecule has 3 aromatic carbocycles. The standard InChI is InChI=1S/C33H33F2N5O3/c1-33(2,42)17-39-30-21(16-38-39)11-27(29(35)31(30)43-3)25-9-6-19(10-26(25)18-4-5-20(15-36)28(34)12-18)32(41)40-23-7-8-24(40)14-22(37)13-23/h4-6,9-12,16,22-24,42H,7-8,13-14,17,37H2,1-3H3. The number of nitrogens with two attached hydrogens (primary N) is 1. The minimum absolute atomic E-state index is 0.0485. The highest BCUT2D eigenvalue weighted by Crippen LogP contribution is 2.42. The molecule has 2 atom stereocenters. The highest BCUT2D eigenvalue weighted by Gasteiger charge is 2.42. The number of nitrogens with zero attached hydrogens (tertiary/aromatic N) is 4. The van der Waals surface area contributed by atoms with Crippen molar-refractivity contribution in [1.82, 2.24) is 14.7 Å². The summed E-state index contributed by atoms with van der Waals surface area (Å²) >= 11 is 0. The van der Waals surface area contributed by atoms with E-state index in [4.69, 9.17) is 10.5 Å². The molecule has 10 heteroatoms. The lowest BCUT2D eigenvalue weighted by atomic mass is 9.90. The number of ether oxygens (including phenoxy) is 1. The average molecular weight is 586 g/mol. The summed E-state index contributed by atoms with van der Waals surface area (Å²) in [5.74, 6) is -1.56. The van der Waals surface area contributed by atoms with Gasteiger partial charge in [-0.15, -0.1) is 0 Å². The highest BCUT2D eigenvalue weighted by molar-refractivity contribution is 6.00. The van der Waals surface area contributed by atoms with Crippen molar-refractivity contribution < 1.29 is 23.4 Å². The van der Waals surface area contributed by atoms with Crippen LogP contribution in [0.2, 0.25) is 0 Å².